The third-order valence-corrected chi connectivity index (χ3v) is 2.87. The maximum Gasteiger partial charge on any atom is 0.336 e. The summed E-state index contributed by atoms with van der Waals surface area (Å²) in [6.07, 6.45) is 0. The maximum atomic E-state index is 13.2. The summed E-state index contributed by atoms with van der Waals surface area (Å²) in [5.41, 5.74) is 0.261. The number of carboxylic acids is 1. The third-order valence-electron chi connectivity index (χ3n) is 2.87. The highest BCUT2D eigenvalue weighted by Crippen LogP contribution is 2.25. The highest BCUT2D eigenvalue weighted by Gasteiger charge is 2.15. The van der Waals surface area contributed by atoms with Crippen LogP contribution in [0.5, 0.6) is 0 Å². The van der Waals surface area contributed by atoms with E-state index in [4.69, 9.17) is 5.11 Å². The minimum Gasteiger partial charge on any atom is -0.478 e. The molecule has 2 rings (SSSR count). The molecule has 0 aromatic heterocycles. The molecule has 0 aliphatic rings. The van der Waals surface area contributed by atoms with E-state index in [1.165, 1.54) is 6.07 Å². The smallest absolute Gasteiger partial charge is 0.336 e. The highest BCUT2D eigenvalue weighted by molar-refractivity contribution is 5.89. The van der Waals surface area contributed by atoms with Crippen molar-refractivity contribution in [2.75, 3.05) is 5.32 Å². The van der Waals surface area contributed by atoms with Crippen molar-refractivity contribution in [3.8, 4) is 0 Å². The predicted molar refractivity (Wildman–Crippen MR) is 73.8 cm³/mol. The molecule has 2 N–H and O–H groups in total. The van der Waals surface area contributed by atoms with Gasteiger partial charge in [-0.1, -0.05) is 18.2 Å². The molecule has 0 radical (unpaired) electrons. The fraction of sp³-hybridized carbons (Fsp3) is 0.0714. The minimum atomic E-state index is -1.10. The zero-order valence-corrected chi connectivity index (χ0v) is 10.7. The number of nitrogens with one attached hydrogen (secondary N) is 1. The number of rotatable bonds is 5. The van der Waals surface area contributed by atoms with Gasteiger partial charge in [-0.15, -0.1) is 0 Å². The average molecular weight is 290 g/mol. The Kier molecular flexibility index (Phi) is 4.13. The van der Waals surface area contributed by atoms with E-state index in [0.29, 0.717) is 5.56 Å². The lowest BCUT2D eigenvalue weighted by Crippen LogP contribution is -2.08. The summed E-state index contributed by atoms with van der Waals surface area (Å²) in [6.45, 7) is 0.0345. The third kappa shape index (κ3) is 3.33. The molecule has 0 heterocycles. The van der Waals surface area contributed by atoms with Gasteiger partial charge in [-0.25, -0.2) is 9.18 Å². The van der Waals surface area contributed by atoms with E-state index in [1.54, 1.807) is 18.2 Å². The van der Waals surface area contributed by atoms with Crippen LogP contribution in [0, 0.1) is 15.9 Å². The van der Waals surface area contributed by atoms with Crippen molar-refractivity contribution in [3.63, 3.8) is 0 Å². The number of hydrogen-bond acceptors (Lipinski definition) is 4. The Balaban J connectivity index is 2.27. The Morgan fingerprint density at radius 2 is 2.00 bits per heavy atom. The first-order chi connectivity index (χ1) is 9.99. The molecule has 0 aliphatic carbocycles. The van der Waals surface area contributed by atoms with Gasteiger partial charge in [-0.05, 0) is 17.7 Å². The molecule has 21 heavy (non-hydrogen) atoms. The quantitative estimate of drug-likeness (QED) is 0.652. The molecule has 0 spiro atoms. The molecule has 0 fully saturated rings. The number of aromatic carboxylic acids is 1. The van der Waals surface area contributed by atoms with Crippen LogP contribution < -0.4 is 5.32 Å². The van der Waals surface area contributed by atoms with Gasteiger partial charge in [0.2, 0.25) is 0 Å². The van der Waals surface area contributed by atoms with Gasteiger partial charge in [0, 0.05) is 18.7 Å². The van der Waals surface area contributed by atoms with E-state index in [0.717, 1.165) is 18.2 Å². The molecule has 0 atom stereocenters. The van der Waals surface area contributed by atoms with Gasteiger partial charge in [-0.2, -0.15) is 0 Å². The molecule has 0 unspecified atom stereocenters. The van der Waals surface area contributed by atoms with Crippen LogP contribution in [0.4, 0.5) is 15.8 Å². The zero-order chi connectivity index (χ0) is 15.4. The molecule has 0 amide bonds. The normalized spacial score (nSPS) is 10.1. The first-order valence-corrected chi connectivity index (χ1v) is 5.98. The molecule has 0 saturated heterocycles. The Morgan fingerprint density at radius 3 is 2.67 bits per heavy atom. The Morgan fingerprint density at radius 1 is 1.29 bits per heavy atom. The largest absolute Gasteiger partial charge is 0.478 e. The number of benzene rings is 2. The highest BCUT2D eigenvalue weighted by atomic mass is 19.1. The van der Waals surface area contributed by atoms with E-state index >= 15 is 0 Å². The van der Waals surface area contributed by atoms with Gasteiger partial charge in [-0.3, -0.25) is 10.1 Å². The number of hydrogen-bond donors (Lipinski definition) is 2. The van der Waals surface area contributed by atoms with E-state index in [9.17, 15) is 19.3 Å². The summed E-state index contributed by atoms with van der Waals surface area (Å²) in [5.74, 6) is -1.71. The van der Waals surface area contributed by atoms with Crippen LogP contribution in [0.1, 0.15) is 15.9 Å². The second kappa shape index (κ2) is 6.00. The van der Waals surface area contributed by atoms with Crippen molar-refractivity contribution in [2.24, 2.45) is 0 Å². The lowest BCUT2D eigenvalue weighted by Gasteiger charge is -2.09. The number of anilines is 1. The SMILES string of the molecule is O=C(O)c1ccccc1CNc1cc(F)ccc1[N+](=O)[O-]. The van der Waals surface area contributed by atoms with Gasteiger partial charge in [0.1, 0.15) is 11.5 Å². The topological polar surface area (TPSA) is 92.5 Å². The number of nitro groups is 1. The Labute approximate surface area is 119 Å². The summed E-state index contributed by atoms with van der Waals surface area (Å²) in [7, 11) is 0. The lowest BCUT2D eigenvalue weighted by atomic mass is 10.1. The summed E-state index contributed by atoms with van der Waals surface area (Å²) < 4.78 is 13.2. The van der Waals surface area contributed by atoms with Crippen molar-refractivity contribution in [2.45, 2.75) is 6.54 Å². The molecular formula is C14H11FN2O4. The van der Waals surface area contributed by atoms with E-state index in [2.05, 4.69) is 5.32 Å². The Hall–Kier alpha value is -2.96. The molecule has 0 saturated carbocycles. The van der Waals surface area contributed by atoms with E-state index in [1.807, 2.05) is 0 Å². The van der Waals surface area contributed by atoms with Gasteiger partial charge in [0.25, 0.3) is 5.69 Å². The number of nitrogens with zero attached hydrogens (tertiary/aromatic N) is 1. The fourth-order valence-electron chi connectivity index (χ4n) is 1.88. The molecule has 2 aromatic carbocycles. The maximum absolute atomic E-state index is 13.2. The van der Waals surface area contributed by atoms with Gasteiger partial charge in [0.15, 0.2) is 0 Å². The summed E-state index contributed by atoms with van der Waals surface area (Å²) in [4.78, 5) is 21.3. The number of carbonyl (C=O) groups is 1. The van der Waals surface area contributed by atoms with Crippen molar-refractivity contribution < 1.29 is 19.2 Å². The summed E-state index contributed by atoms with van der Waals surface area (Å²) >= 11 is 0. The van der Waals surface area contributed by atoms with Crippen LogP contribution in [0.25, 0.3) is 0 Å². The predicted octanol–water partition coefficient (Wildman–Crippen LogP) is 3.04. The van der Waals surface area contributed by atoms with Crippen molar-refractivity contribution in [3.05, 3.63) is 69.5 Å². The number of halogens is 1. The lowest BCUT2D eigenvalue weighted by molar-refractivity contribution is -0.384. The van der Waals surface area contributed by atoms with Crippen molar-refractivity contribution >= 4 is 17.3 Å². The standard InChI is InChI=1S/C14H11FN2O4/c15-10-5-6-13(17(20)21)12(7-10)16-8-9-3-1-2-4-11(9)14(18)19/h1-7,16H,8H2,(H,18,19). The van der Waals surface area contributed by atoms with Crippen LogP contribution in [0.15, 0.2) is 42.5 Å². The second-order valence-corrected chi connectivity index (χ2v) is 4.23. The molecule has 0 aliphatic heterocycles. The molecule has 0 bridgehead atoms. The fourth-order valence-corrected chi connectivity index (χ4v) is 1.88. The monoisotopic (exact) mass is 290 g/mol. The van der Waals surface area contributed by atoms with Crippen LogP contribution in [-0.2, 0) is 6.54 Å². The van der Waals surface area contributed by atoms with Gasteiger partial charge < -0.3 is 10.4 Å². The Bertz CT molecular complexity index is 703. The molecule has 6 nitrogen and oxygen atoms in total. The molecule has 7 heteroatoms. The first kappa shape index (κ1) is 14.4. The first-order valence-electron chi connectivity index (χ1n) is 5.98. The van der Waals surface area contributed by atoms with E-state index in [-0.39, 0.29) is 23.5 Å². The minimum absolute atomic E-state index is 0.000178. The van der Waals surface area contributed by atoms with E-state index < -0.39 is 16.7 Å². The molecule has 108 valence electrons. The average Bonchev–Trinajstić information content (AvgIpc) is 2.45. The number of carboxylic acid groups (broad SMARTS) is 1. The van der Waals surface area contributed by atoms with Crippen molar-refractivity contribution in [1.82, 2.24) is 0 Å². The number of nitro benzene ring substituents is 1. The molecule has 2 aromatic rings. The van der Waals surface area contributed by atoms with Crippen LogP contribution in [-0.4, -0.2) is 16.0 Å². The van der Waals surface area contributed by atoms with Crippen LogP contribution in [0.3, 0.4) is 0 Å². The van der Waals surface area contributed by atoms with Crippen LogP contribution in [0.2, 0.25) is 0 Å². The molecular weight excluding hydrogens is 279 g/mol. The van der Waals surface area contributed by atoms with Crippen LogP contribution >= 0.6 is 0 Å². The van der Waals surface area contributed by atoms with Gasteiger partial charge in [0.05, 0.1) is 10.5 Å². The van der Waals surface area contributed by atoms with Crippen molar-refractivity contribution in [1.29, 1.82) is 0 Å². The summed E-state index contributed by atoms with van der Waals surface area (Å²) in [5, 5.41) is 22.6. The zero-order valence-electron chi connectivity index (χ0n) is 10.7. The van der Waals surface area contributed by atoms with Gasteiger partial charge >= 0.3 is 5.97 Å². The summed E-state index contributed by atoms with van der Waals surface area (Å²) in [6, 6.07) is 9.30. The second-order valence-electron chi connectivity index (χ2n) is 4.23.